The van der Waals surface area contributed by atoms with Crippen LogP contribution in [0.5, 0.6) is 0 Å². The van der Waals surface area contributed by atoms with Gasteiger partial charge in [-0.2, -0.15) is 0 Å². The Bertz CT molecular complexity index is 199. The predicted molar refractivity (Wildman–Crippen MR) is 59.3 cm³/mol. The molecule has 0 aromatic carbocycles. The van der Waals surface area contributed by atoms with Crippen molar-refractivity contribution in [3.05, 3.63) is 0 Å². The van der Waals surface area contributed by atoms with Crippen LogP contribution >= 0.6 is 0 Å². The Kier molecular flexibility index (Phi) is 4.16. The first-order chi connectivity index (χ1) is 6.10. The van der Waals surface area contributed by atoms with E-state index in [1.807, 2.05) is 13.8 Å². The van der Waals surface area contributed by atoms with Crippen molar-refractivity contribution < 1.29 is 9.90 Å². The molecule has 0 unspecified atom stereocenters. The summed E-state index contributed by atoms with van der Waals surface area (Å²) in [5.74, 6) is -0.903. The maximum atomic E-state index is 11.2. The van der Waals surface area contributed by atoms with Crippen molar-refractivity contribution in [2.45, 2.75) is 54.4 Å². The molecule has 0 saturated heterocycles. The van der Waals surface area contributed by atoms with Gasteiger partial charge in [0.2, 0.25) is 0 Å². The van der Waals surface area contributed by atoms with Gasteiger partial charge in [0.05, 0.1) is 5.92 Å². The largest absolute Gasteiger partial charge is 0.481 e. The summed E-state index contributed by atoms with van der Waals surface area (Å²) in [5.41, 5.74) is -0.0331. The molecular weight excluding hydrogens is 176 g/mol. The molecule has 0 rings (SSSR count). The zero-order valence-electron chi connectivity index (χ0n) is 10.3. The molecule has 0 spiro atoms. The van der Waals surface area contributed by atoms with E-state index in [1.54, 1.807) is 0 Å². The Morgan fingerprint density at radius 3 is 1.86 bits per heavy atom. The van der Waals surface area contributed by atoms with Crippen LogP contribution in [0.3, 0.4) is 0 Å². The smallest absolute Gasteiger partial charge is 0.307 e. The van der Waals surface area contributed by atoms with Crippen molar-refractivity contribution in [1.82, 2.24) is 0 Å². The van der Waals surface area contributed by atoms with Crippen molar-refractivity contribution in [2.75, 3.05) is 0 Å². The molecular formula is C12H24O2. The first-order valence-corrected chi connectivity index (χ1v) is 5.33. The molecule has 0 radical (unpaired) electrons. The highest BCUT2D eigenvalue weighted by molar-refractivity contribution is 5.71. The number of carboxylic acids is 1. The third-order valence-electron chi connectivity index (χ3n) is 2.97. The lowest BCUT2D eigenvalue weighted by atomic mass is 9.70. The van der Waals surface area contributed by atoms with Crippen LogP contribution in [0.15, 0.2) is 0 Å². The summed E-state index contributed by atoms with van der Waals surface area (Å²) in [6.45, 7) is 12.4. The lowest BCUT2D eigenvalue weighted by Gasteiger charge is -2.34. The SMILES string of the molecule is CCC(C)(C)[C@H](CC(C)(C)C)C(=O)O. The van der Waals surface area contributed by atoms with E-state index in [2.05, 4.69) is 27.7 Å². The van der Waals surface area contributed by atoms with Gasteiger partial charge in [-0.25, -0.2) is 0 Å². The van der Waals surface area contributed by atoms with Crippen LogP contribution in [0.25, 0.3) is 0 Å². The Labute approximate surface area is 87.7 Å². The molecule has 84 valence electrons. The van der Waals surface area contributed by atoms with Crippen LogP contribution in [-0.4, -0.2) is 11.1 Å². The Balaban J connectivity index is 4.71. The minimum absolute atomic E-state index is 0.0789. The lowest BCUT2D eigenvalue weighted by molar-refractivity contribution is -0.147. The summed E-state index contributed by atoms with van der Waals surface area (Å²) in [7, 11) is 0. The number of carbonyl (C=O) groups is 1. The summed E-state index contributed by atoms with van der Waals surface area (Å²) < 4.78 is 0. The van der Waals surface area contributed by atoms with Gasteiger partial charge in [0.25, 0.3) is 0 Å². The van der Waals surface area contributed by atoms with E-state index in [9.17, 15) is 9.90 Å². The monoisotopic (exact) mass is 200 g/mol. The van der Waals surface area contributed by atoms with E-state index in [0.29, 0.717) is 0 Å². The van der Waals surface area contributed by atoms with Gasteiger partial charge in [0.1, 0.15) is 0 Å². The lowest BCUT2D eigenvalue weighted by Crippen LogP contribution is -2.33. The third kappa shape index (κ3) is 4.12. The van der Waals surface area contributed by atoms with E-state index < -0.39 is 5.97 Å². The molecule has 0 aromatic rings. The van der Waals surface area contributed by atoms with Crippen LogP contribution in [0.4, 0.5) is 0 Å². The molecule has 0 saturated carbocycles. The second kappa shape index (κ2) is 4.33. The van der Waals surface area contributed by atoms with Crippen molar-refractivity contribution in [3.8, 4) is 0 Å². The normalized spacial score (nSPS) is 15.3. The molecule has 0 fully saturated rings. The first-order valence-electron chi connectivity index (χ1n) is 5.33. The molecule has 0 heterocycles. The summed E-state index contributed by atoms with van der Waals surface area (Å²) >= 11 is 0. The number of carboxylic acid groups (broad SMARTS) is 1. The van der Waals surface area contributed by atoms with Gasteiger partial charge in [-0.3, -0.25) is 4.79 Å². The van der Waals surface area contributed by atoms with Gasteiger partial charge in [0.15, 0.2) is 0 Å². The van der Waals surface area contributed by atoms with Gasteiger partial charge >= 0.3 is 5.97 Å². The van der Waals surface area contributed by atoms with Crippen molar-refractivity contribution in [3.63, 3.8) is 0 Å². The first kappa shape index (κ1) is 13.5. The van der Waals surface area contributed by atoms with E-state index in [1.165, 1.54) is 0 Å². The zero-order valence-corrected chi connectivity index (χ0v) is 10.3. The fraction of sp³-hybridized carbons (Fsp3) is 0.917. The topological polar surface area (TPSA) is 37.3 Å². The van der Waals surface area contributed by atoms with Crippen LogP contribution in [0.2, 0.25) is 0 Å². The molecule has 0 aliphatic heterocycles. The molecule has 0 aliphatic carbocycles. The van der Waals surface area contributed by atoms with Crippen LogP contribution < -0.4 is 0 Å². The summed E-state index contributed by atoms with van der Waals surface area (Å²) in [4.78, 5) is 11.2. The summed E-state index contributed by atoms with van der Waals surface area (Å²) in [6.07, 6.45) is 1.64. The minimum atomic E-state index is -0.660. The molecule has 0 bridgehead atoms. The Morgan fingerprint density at radius 1 is 1.21 bits per heavy atom. The Hall–Kier alpha value is -0.530. The number of hydrogen-bond acceptors (Lipinski definition) is 1. The molecule has 1 atom stereocenters. The number of hydrogen-bond donors (Lipinski definition) is 1. The molecule has 2 heteroatoms. The van der Waals surface area contributed by atoms with Gasteiger partial charge in [-0.15, -0.1) is 0 Å². The second-order valence-electron chi connectivity index (χ2n) is 6.00. The maximum absolute atomic E-state index is 11.2. The van der Waals surface area contributed by atoms with Crippen LogP contribution in [-0.2, 0) is 4.79 Å². The van der Waals surface area contributed by atoms with Crippen LogP contribution in [0, 0.1) is 16.7 Å². The van der Waals surface area contributed by atoms with Crippen molar-refractivity contribution in [2.24, 2.45) is 16.7 Å². The van der Waals surface area contributed by atoms with Gasteiger partial charge in [-0.1, -0.05) is 48.0 Å². The highest BCUT2D eigenvalue weighted by atomic mass is 16.4. The molecule has 0 aliphatic rings. The fourth-order valence-electron chi connectivity index (χ4n) is 1.56. The fourth-order valence-corrected chi connectivity index (χ4v) is 1.56. The van der Waals surface area contributed by atoms with Gasteiger partial charge in [0, 0.05) is 0 Å². The predicted octanol–water partition coefficient (Wildman–Crippen LogP) is 3.56. The summed E-state index contributed by atoms with van der Waals surface area (Å²) in [6, 6.07) is 0. The van der Waals surface area contributed by atoms with Gasteiger partial charge in [-0.05, 0) is 17.3 Å². The van der Waals surface area contributed by atoms with E-state index in [4.69, 9.17) is 0 Å². The standard InChI is InChI=1S/C12H24O2/c1-7-12(5,6)9(10(13)14)8-11(2,3)4/h9H,7-8H2,1-6H3,(H,13,14)/t9-/m1/s1. The summed E-state index contributed by atoms with van der Waals surface area (Å²) in [5, 5.41) is 9.20. The average Bonchev–Trinajstić information content (AvgIpc) is 1.98. The van der Waals surface area contributed by atoms with E-state index >= 15 is 0 Å². The molecule has 1 N–H and O–H groups in total. The zero-order chi connectivity index (χ0) is 11.6. The van der Waals surface area contributed by atoms with Crippen LogP contribution in [0.1, 0.15) is 54.4 Å². The maximum Gasteiger partial charge on any atom is 0.307 e. The van der Waals surface area contributed by atoms with Crippen molar-refractivity contribution >= 4 is 5.97 Å². The molecule has 14 heavy (non-hydrogen) atoms. The highest BCUT2D eigenvalue weighted by Gasteiger charge is 2.36. The third-order valence-corrected chi connectivity index (χ3v) is 2.97. The average molecular weight is 200 g/mol. The quantitative estimate of drug-likeness (QED) is 0.753. The second-order valence-corrected chi connectivity index (χ2v) is 6.00. The molecule has 2 nitrogen and oxygen atoms in total. The molecule has 0 amide bonds. The Morgan fingerprint density at radius 2 is 1.64 bits per heavy atom. The highest BCUT2D eigenvalue weighted by Crippen LogP contribution is 2.38. The van der Waals surface area contributed by atoms with Crippen molar-refractivity contribution in [1.29, 1.82) is 0 Å². The van der Waals surface area contributed by atoms with Gasteiger partial charge < -0.3 is 5.11 Å². The minimum Gasteiger partial charge on any atom is -0.481 e. The van der Waals surface area contributed by atoms with E-state index in [0.717, 1.165) is 12.8 Å². The number of rotatable bonds is 4. The number of aliphatic carboxylic acids is 1. The van der Waals surface area contributed by atoms with E-state index in [-0.39, 0.29) is 16.7 Å². The molecule has 0 aromatic heterocycles.